The Balaban J connectivity index is 1.71. The minimum absolute atomic E-state index is 0.0893. The number of rotatable bonds is 3. The Hall–Kier alpha value is -2.41. The van der Waals surface area contributed by atoms with Gasteiger partial charge < -0.3 is 15.4 Å². The van der Waals surface area contributed by atoms with E-state index in [1.807, 2.05) is 42.6 Å². The van der Waals surface area contributed by atoms with Crippen LogP contribution in [0.25, 0.3) is 0 Å². The third-order valence-electron chi connectivity index (χ3n) is 4.53. The van der Waals surface area contributed by atoms with E-state index in [1.165, 1.54) is 0 Å². The Bertz CT molecular complexity index is 755. The van der Waals surface area contributed by atoms with Crippen LogP contribution in [-0.4, -0.2) is 45.3 Å². The van der Waals surface area contributed by atoms with E-state index in [0.717, 1.165) is 22.6 Å². The summed E-state index contributed by atoms with van der Waals surface area (Å²) in [5.41, 5.74) is 9.45. The molecule has 7 nitrogen and oxygen atoms in total. The Morgan fingerprint density at radius 1 is 1.42 bits per heavy atom. The summed E-state index contributed by atoms with van der Waals surface area (Å²) in [6.07, 6.45) is 0.130. The van der Waals surface area contributed by atoms with Crippen LogP contribution in [-0.2, 0) is 23.0 Å². The highest BCUT2D eigenvalue weighted by atomic mass is 16.5. The minimum atomic E-state index is -0.234. The Morgan fingerprint density at radius 2 is 2.21 bits per heavy atom. The number of nitrogen functional groups attached to an aromatic ring is 1. The third kappa shape index (κ3) is 3.26. The van der Waals surface area contributed by atoms with Crippen LogP contribution >= 0.6 is 0 Å². The fourth-order valence-electron chi connectivity index (χ4n) is 3.04. The van der Waals surface area contributed by atoms with E-state index in [2.05, 4.69) is 10.1 Å². The maximum atomic E-state index is 12.7. The molecular weight excluding hydrogens is 306 g/mol. The summed E-state index contributed by atoms with van der Waals surface area (Å²) in [6.45, 7) is 5.51. The van der Waals surface area contributed by atoms with Gasteiger partial charge in [-0.3, -0.25) is 9.48 Å². The van der Waals surface area contributed by atoms with Crippen molar-refractivity contribution in [2.45, 2.75) is 26.4 Å². The van der Waals surface area contributed by atoms with Gasteiger partial charge in [0.2, 0.25) is 5.91 Å². The van der Waals surface area contributed by atoms with E-state index in [9.17, 15) is 4.79 Å². The Labute approximate surface area is 141 Å². The van der Waals surface area contributed by atoms with Crippen LogP contribution in [0, 0.1) is 13.8 Å². The number of pyridine rings is 1. The van der Waals surface area contributed by atoms with Crippen molar-refractivity contribution in [2.24, 2.45) is 7.05 Å². The van der Waals surface area contributed by atoms with Gasteiger partial charge in [0.05, 0.1) is 31.0 Å². The summed E-state index contributed by atoms with van der Waals surface area (Å²) >= 11 is 0. The van der Waals surface area contributed by atoms with Crippen molar-refractivity contribution in [3.63, 3.8) is 0 Å². The second-order valence-electron chi connectivity index (χ2n) is 6.14. The number of carbonyl (C=O) groups excluding carboxylic acids is 1. The summed E-state index contributed by atoms with van der Waals surface area (Å²) < 4.78 is 7.59. The van der Waals surface area contributed by atoms with E-state index in [-0.39, 0.29) is 12.0 Å². The molecule has 128 valence electrons. The summed E-state index contributed by atoms with van der Waals surface area (Å²) in [4.78, 5) is 18.9. The zero-order chi connectivity index (χ0) is 17.3. The lowest BCUT2D eigenvalue weighted by Gasteiger charge is -2.32. The van der Waals surface area contributed by atoms with Gasteiger partial charge in [-0.15, -0.1) is 0 Å². The van der Waals surface area contributed by atoms with Gasteiger partial charge in [-0.25, -0.2) is 4.98 Å². The largest absolute Gasteiger partial charge is 0.384 e. The molecule has 7 heteroatoms. The molecule has 1 aliphatic heterocycles. The normalized spacial score (nSPS) is 18.0. The maximum Gasteiger partial charge on any atom is 0.227 e. The van der Waals surface area contributed by atoms with Gasteiger partial charge in [0, 0.05) is 24.8 Å². The van der Waals surface area contributed by atoms with Crippen molar-refractivity contribution in [3.05, 3.63) is 40.8 Å². The highest BCUT2D eigenvalue weighted by molar-refractivity contribution is 5.79. The molecule has 0 radical (unpaired) electrons. The van der Waals surface area contributed by atoms with Crippen LogP contribution in [0.4, 0.5) is 5.82 Å². The smallest absolute Gasteiger partial charge is 0.227 e. The summed E-state index contributed by atoms with van der Waals surface area (Å²) in [5.74, 6) is 0.549. The quantitative estimate of drug-likeness (QED) is 0.913. The molecule has 1 atom stereocenters. The summed E-state index contributed by atoms with van der Waals surface area (Å²) in [7, 11) is 1.90. The van der Waals surface area contributed by atoms with Crippen molar-refractivity contribution in [1.29, 1.82) is 0 Å². The monoisotopic (exact) mass is 329 g/mol. The van der Waals surface area contributed by atoms with Gasteiger partial charge in [0.15, 0.2) is 0 Å². The molecule has 2 aromatic heterocycles. The van der Waals surface area contributed by atoms with Gasteiger partial charge in [-0.2, -0.15) is 5.10 Å². The van der Waals surface area contributed by atoms with Crippen molar-refractivity contribution in [1.82, 2.24) is 19.7 Å². The molecule has 2 aromatic rings. The van der Waals surface area contributed by atoms with Crippen molar-refractivity contribution in [3.8, 4) is 0 Å². The number of ether oxygens (including phenoxy) is 1. The molecule has 3 heterocycles. The number of nitrogens with zero attached hydrogens (tertiary/aromatic N) is 4. The average molecular weight is 329 g/mol. The molecule has 0 aromatic carbocycles. The molecule has 1 saturated heterocycles. The number of aromatic nitrogens is 3. The summed E-state index contributed by atoms with van der Waals surface area (Å²) in [6, 6.07) is 5.47. The van der Waals surface area contributed by atoms with Crippen molar-refractivity contribution < 1.29 is 9.53 Å². The van der Waals surface area contributed by atoms with Gasteiger partial charge in [-0.05, 0) is 26.0 Å². The van der Waals surface area contributed by atoms with Crippen LogP contribution in [0.5, 0.6) is 0 Å². The van der Waals surface area contributed by atoms with Crippen LogP contribution in [0.2, 0.25) is 0 Å². The van der Waals surface area contributed by atoms with Crippen LogP contribution in [0.15, 0.2) is 18.2 Å². The van der Waals surface area contributed by atoms with E-state index < -0.39 is 0 Å². The molecule has 0 bridgehead atoms. The van der Waals surface area contributed by atoms with Crippen molar-refractivity contribution in [2.75, 3.05) is 25.4 Å². The number of carbonyl (C=O) groups is 1. The number of hydrogen-bond acceptors (Lipinski definition) is 5. The fourth-order valence-corrected chi connectivity index (χ4v) is 3.04. The molecule has 1 fully saturated rings. The number of nitrogens with two attached hydrogens (primary N) is 1. The second-order valence-corrected chi connectivity index (χ2v) is 6.14. The lowest BCUT2D eigenvalue weighted by atomic mass is 10.1. The van der Waals surface area contributed by atoms with Crippen LogP contribution < -0.4 is 5.73 Å². The molecule has 0 spiro atoms. The van der Waals surface area contributed by atoms with Crippen LogP contribution in [0.1, 0.15) is 28.7 Å². The van der Waals surface area contributed by atoms with Gasteiger partial charge >= 0.3 is 0 Å². The molecule has 0 saturated carbocycles. The SMILES string of the molecule is Cc1nn(C)c(C)c1CC(=O)N1CCOC(c2cccc(N)n2)C1. The molecule has 0 aliphatic carbocycles. The van der Waals surface area contributed by atoms with Gasteiger partial charge in [0.25, 0.3) is 0 Å². The molecule has 2 N–H and O–H groups in total. The first kappa shape index (κ1) is 16.4. The molecule has 24 heavy (non-hydrogen) atoms. The first-order chi connectivity index (χ1) is 11.5. The van der Waals surface area contributed by atoms with E-state index >= 15 is 0 Å². The number of anilines is 1. The fraction of sp³-hybridized carbons (Fsp3) is 0.471. The summed E-state index contributed by atoms with van der Waals surface area (Å²) in [5, 5.41) is 4.38. The Kier molecular flexibility index (Phi) is 4.53. The molecule has 1 unspecified atom stereocenters. The number of aryl methyl sites for hydroxylation is 2. The number of hydrogen-bond donors (Lipinski definition) is 1. The average Bonchev–Trinajstić information content (AvgIpc) is 2.81. The zero-order valence-corrected chi connectivity index (χ0v) is 14.3. The Morgan fingerprint density at radius 3 is 2.88 bits per heavy atom. The standard InChI is InChI=1S/C17H23N5O2/c1-11-13(12(2)21(3)20-11)9-17(23)22-7-8-24-15(10-22)14-5-4-6-16(18)19-14/h4-6,15H,7-10H2,1-3H3,(H2,18,19). The number of morpholine rings is 1. The van der Waals surface area contributed by atoms with E-state index in [0.29, 0.717) is 31.9 Å². The van der Waals surface area contributed by atoms with Crippen molar-refractivity contribution >= 4 is 11.7 Å². The maximum absolute atomic E-state index is 12.7. The molecular formula is C17H23N5O2. The minimum Gasteiger partial charge on any atom is -0.384 e. The molecule has 1 amide bonds. The predicted molar refractivity (Wildman–Crippen MR) is 90.3 cm³/mol. The van der Waals surface area contributed by atoms with Gasteiger partial charge in [0.1, 0.15) is 11.9 Å². The van der Waals surface area contributed by atoms with E-state index in [1.54, 1.807) is 6.07 Å². The topological polar surface area (TPSA) is 86.3 Å². The third-order valence-corrected chi connectivity index (χ3v) is 4.53. The highest BCUT2D eigenvalue weighted by Crippen LogP contribution is 2.22. The van der Waals surface area contributed by atoms with E-state index in [4.69, 9.17) is 10.5 Å². The zero-order valence-electron chi connectivity index (χ0n) is 14.3. The predicted octanol–water partition coefficient (Wildman–Crippen LogP) is 1.16. The lowest BCUT2D eigenvalue weighted by Crippen LogP contribution is -2.43. The first-order valence-corrected chi connectivity index (χ1v) is 8.06. The first-order valence-electron chi connectivity index (χ1n) is 8.06. The highest BCUT2D eigenvalue weighted by Gasteiger charge is 2.27. The molecule has 3 rings (SSSR count). The second kappa shape index (κ2) is 6.60. The van der Waals surface area contributed by atoms with Gasteiger partial charge in [-0.1, -0.05) is 6.07 Å². The van der Waals surface area contributed by atoms with Crippen LogP contribution in [0.3, 0.4) is 0 Å². The lowest BCUT2D eigenvalue weighted by molar-refractivity contribution is -0.138. The number of amides is 1. The molecule has 1 aliphatic rings.